The lowest BCUT2D eigenvalue weighted by Gasteiger charge is -2.09. The van der Waals surface area contributed by atoms with E-state index >= 15 is 0 Å². The summed E-state index contributed by atoms with van der Waals surface area (Å²) in [6.07, 6.45) is 3.63. The van der Waals surface area contributed by atoms with Crippen molar-refractivity contribution in [3.63, 3.8) is 0 Å². The van der Waals surface area contributed by atoms with Gasteiger partial charge in [-0.3, -0.25) is 4.98 Å². The van der Waals surface area contributed by atoms with Gasteiger partial charge in [0.15, 0.2) is 5.58 Å². The Hall–Kier alpha value is -2.40. The average molecular weight is 297 g/mol. The van der Waals surface area contributed by atoms with Crippen LogP contribution in [0.15, 0.2) is 41.2 Å². The van der Waals surface area contributed by atoms with Crippen molar-refractivity contribution < 1.29 is 9.26 Å². The second kappa shape index (κ2) is 6.15. The topological polar surface area (TPSA) is 51.4 Å². The highest BCUT2D eigenvalue weighted by Gasteiger charge is 2.15. The summed E-state index contributed by atoms with van der Waals surface area (Å²) in [5, 5.41) is 4.96. The normalized spacial score (nSPS) is 11.3. The third-order valence-corrected chi connectivity index (χ3v) is 3.57. The van der Waals surface area contributed by atoms with Gasteiger partial charge in [-0.1, -0.05) is 12.1 Å². The maximum Gasteiger partial charge on any atom is 0.262 e. The van der Waals surface area contributed by atoms with Crippen molar-refractivity contribution in [1.29, 1.82) is 0 Å². The van der Waals surface area contributed by atoms with Gasteiger partial charge in [-0.05, 0) is 43.9 Å². The Morgan fingerprint density at radius 1 is 1.18 bits per heavy atom. The number of pyridine rings is 1. The minimum atomic E-state index is 0.542. The van der Waals surface area contributed by atoms with Gasteiger partial charge < -0.3 is 14.2 Å². The van der Waals surface area contributed by atoms with E-state index in [4.69, 9.17) is 9.26 Å². The number of para-hydroxylation sites is 1. The first-order valence-electron chi connectivity index (χ1n) is 7.23. The number of rotatable bonds is 5. The second-order valence-electron chi connectivity index (χ2n) is 5.51. The predicted molar refractivity (Wildman–Crippen MR) is 86.0 cm³/mol. The van der Waals surface area contributed by atoms with E-state index in [-0.39, 0.29) is 0 Å². The van der Waals surface area contributed by atoms with E-state index in [1.165, 1.54) is 0 Å². The first kappa shape index (κ1) is 14.5. The molecule has 5 heteroatoms. The third-order valence-electron chi connectivity index (χ3n) is 3.57. The molecule has 0 unspecified atom stereocenters. The van der Waals surface area contributed by atoms with Crippen LogP contribution in [-0.2, 0) is 0 Å². The van der Waals surface area contributed by atoms with Crippen LogP contribution in [-0.4, -0.2) is 42.3 Å². The first-order valence-corrected chi connectivity index (χ1v) is 7.23. The summed E-state index contributed by atoms with van der Waals surface area (Å²) in [7, 11) is 4.01. The van der Waals surface area contributed by atoms with Crippen LogP contribution in [0.3, 0.4) is 0 Å². The van der Waals surface area contributed by atoms with Gasteiger partial charge in [0.25, 0.3) is 5.88 Å². The fourth-order valence-electron chi connectivity index (χ4n) is 2.33. The van der Waals surface area contributed by atoms with Crippen LogP contribution in [0.5, 0.6) is 5.88 Å². The molecule has 0 amide bonds. The molecule has 0 aliphatic heterocycles. The van der Waals surface area contributed by atoms with Crippen LogP contribution in [0.4, 0.5) is 0 Å². The molecule has 0 spiro atoms. The summed E-state index contributed by atoms with van der Waals surface area (Å²) < 4.78 is 11.3. The molecule has 0 radical (unpaired) electrons. The highest BCUT2D eigenvalue weighted by Crippen LogP contribution is 2.34. The quantitative estimate of drug-likeness (QED) is 0.724. The number of aryl methyl sites for hydroxylation is 1. The van der Waals surface area contributed by atoms with E-state index in [1.54, 1.807) is 6.20 Å². The lowest BCUT2D eigenvalue weighted by molar-refractivity contribution is 0.243. The minimum absolute atomic E-state index is 0.542. The number of hydrogen-bond acceptors (Lipinski definition) is 5. The van der Waals surface area contributed by atoms with Crippen LogP contribution in [0.1, 0.15) is 5.56 Å². The molecular formula is C17H19N3O2. The number of ether oxygens (including phenoxy) is 1. The van der Waals surface area contributed by atoms with Crippen LogP contribution in [0.2, 0.25) is 0 Å². The summed E-state index contributed by atoms with van der Waals surface area (Å²) in [5.41, 5.74) is 3.91. The monoisotopic (exact) mass is 297 g/mol. The van der Waals surface area contributed by atoms with Crippen molar-refractivity contribution in [2.24, 2.45) is 0 Å². The van der Waals surface area contributed by atoms with Gasteiger partial charge in [-0.25, -0.2) is 0 Å². The number of nitrogens with zero attached hydrogens (tertiary/aromatic N) is 3. The molecule has 1 aromatic carbocycles. The molecule has 0 aliphatic carbocycles. The molecule has 5 nitrogen and oxygen atoms in total. The highest BCUT2D eigenvalue weighted by molar-refractivity contribution is 5.95. The molecule has 114 valence electrons. The highest BCUT2D eigenvalue weighted by atomic mass is 16.5. The van der Waals surface area contributed by atoms with Crippen molar-refractivity contribution in [2.75, 3.05) is 27.2 Å². The van der Waals surface area contributed by atoms with Gasteiger partial charge in [0, 0.05) is 30.1 Å². The predicted octanol–water partition coefficient (Wildman–Crippen LogP) is 3.14. The number of fused-ring (bicyclic) bond motifs is 1. The Kier molecular flexibility index (Phi) is 4.06. The molecule has 2 aromatic heterocycles. The Balaban J connectivity index is 1.97. The summed E-state index contributed by atoms with van der Waals surface area (Å²) in [6.45, 7) is 3.46. The van der Waals surface area contributed by atoms with Gasteiger partial charge >= 0.3 is 0 Å². The number of hydrogen-bond donors (Lipinski definition) is 0. The van der Waals surface area contributed by atoms with Crippen LogP contribution in [0.25, 0.3) is 22.1 Å². The molecule has 22 heavy (non-hydrogen) atoms. The van der Waals surface area contributed by atoms with Gasteiger partial charge in [0.1, 0.15) is 6.61 Å². The van der Waals surface area contributed by atoms with Crippen molar-refractivity contribution in [3.05, 3.63) is 42.2 Å². The SMILES string of the molecule is Cc1ccncc1-c1cccc2c(OCCN(C)C)noc12. The van der Waals surface area contributed by atoms with E-state index in [2.05, 4.69) is 22.0 Å². The van der Waals surface area contributed by atoms with Crippen LogP contribution < -0.4 is 4.74 Å². The molecule has 2 heterocycles. The van der Waals surface area contributed by atoms with E-state index < -0.39 is 0 Å². The Morgan fingerprint density at radius 3 is 2.82 bits per heavy atom. The standard InChI is InChI=1S/C17H19N3O2/c1-12-7-8-18-11-15(12)13-5-4-6-14-16(13)22-19-17(14)21-10-9-20(2)3/h4-8,11H,9-10H2,1-3H3. The zero-order valence-electron chi connectivity index (χ0n) is 13.0. The van der Waals surface area contributed by atoms with E-state index in [1.807, 2.05) is 44.6 Å². The van der Waals surface area contributed by atoms with Gasteiger partial charge in [0.2, 0.25) is 0 Å². The molecule has 3 rings (SSSR count). The molecule has 0 fully saturated rings. The van der Waals surface area contributed by atoms with Crippen LogP contribution >= 0.6 is 0 Å². The van der Waals surface area contributed by atoms with Crippen molar-refractivity contribution in [2.45, 2.75) is 6.92 Å². The van der Waals surface area contributed by atoms with Crippen LogP contribution in [0, 0.1) is 6.92 Å². The first-order chi connectivity index (χ1) is 10.7. The van der Waals surface area contributed by atoms with Crippen molar-refractivity contribution in [1.82, 2.24) is 15.0 Å². The lowest BCUT2D eigenvalue weighted by Crippen LogP contribution is -2.19. The maximum absolute atomic E-state index is 5.73. The zero-order chi connectivity index (χ0) is 15.5. The molecule has 3 aromatic rings. The Labute approximate surface area is 129 Å². The fraction of sp³-hybridized carbons (Fsp3) is 0.294. The Bertz CT molecular complexity index is 780. The van der Waals surface area contributed by atoms with Gasteiger partial charge in [0.05, 0.1) is 5.39 Å². The average Bonchev–Trinajstić information content (AvgIpc) is 2.91. The molecule has 0 saturated heterocycles. The fourth-order valence-corrected chi connectivity index (χ4v) is 2.33. The molecular weight excluding hydrogens is 278 g/mol. The summed E-state index contributed by atoms with van der Waals surface area (Å²) in [4.78, 5) is 6.27. The molecule has 0 bridgehead atoms. The minimum Gasteiger partial charge on any atom is -0.474 e. The molecule has 0 saturated carbocycles. The molecule has 0 N–H and O–H groups in total. The van der Waals surface area contributed by atoms with Crippen molar-refractivity contribution >= 4 is 11.0 Å². The third kappa shape index (κ3) is 2.80. The number of aromatic nitrogens is 2. The van der Waals surface area contributed by atoms with Gasteiger partial charge in [-0.2, -0.15) is 0 Å². The molecule has 0 atom stereocenters. The lowest BCUT2D eigenvalue weighted by atomic mass is 10.0. The summed E-state index contributed by atoms with van der Waals surface area (Å²) >= 11 is 0. The summed E-state index contributed by atoms with van der Waals surface area (Å²) in [6, 6.07) is 7.95. The Morgan fingerprint density at radius 2 is 2.05 bits per heavy atom. The smallest absolute Gasteiger partial charge is 0.262 e. The second-order valence-corrected chi connectivity index (χ2v) is 5.51. The zero-order valence-corrected chi connectivity index (χ0v) is 13.0. The van der Waals surface area contributed by atoms with Gasteiger partial charge in [-0.15, -0.1) is 0 Å². The summed E-state index contributed by atoms with van der Waals surface area (Å²) in [5.74, 6) is 0.542. The maximum atomic E-state index is 5.73. The number of benzene rings is 1. The van der Waals surface area contributed by atoms with E-state index in [0.29, 0.717) is 12.5 Å². The van der Waals surface area contributed by atoms with E-state index in [9.17, 15) is 0 Å². The van der Waals surface area contributed by atoms with Crippen molar-refractivity contribution in [3.8, 4) is 17.0 Å². The molecule has 0 aliphatic rings. The largest absolute Gasteiger partial charge is 0.474 e. The number of likely N-dealkylation sites (N-methyl/N-ethyl adjacent to an activating group) is 1. The van der Waals surface area contributed by atoms with E-state index in [0.717, 1.165) is 34.2 Å².